The van der Waals surface area contributed by atoms with Gasteiger partial charge in [-0.15, -0.1) is 0 Å². The van der Waals surface area contributed by atoms with Crippen molar-refractivity contribution in [1.29, 1.82) is 0 Å². The minimum atomic E-state index is 0.0769. The molecule has 2 unspecified atom stereocenters. The van der Waals surface area contributed by atoms with Gasteiger partial charge in [0.25, 0.3) is 0 Å². The second-order valence-electron chi connectivity index (χ2n) is 6.31. The lowest BCUT2D eigenvalue weighted by Gasteiger charge is -2.25. The van der Waals surface area contributed by atoms with Gasteiger partial charge >= 0.3 is 0 Å². The highest BCUT2D eigenvalue weighted by atomic mass is 16.5. The molecule has 0 spiro atoms. The fourth-order valence-corrected chi connectivity index (χ4v) is 3.19. The Morgan fingerprint density at radius 2 is 1.96 bits per heavy atom. The van der Waals surface area contributed by atoms with Gasteiger partial charge in [0.1, 0.15) is 0 Å². The zero-order valence-corrected chi connectivity index (χ0v) is 14.8. The highest BCUT2D eigenvalue weighted by Gasteiger charge is 2.24. The van der Waals surface area contributed by atoms with Gasteiger partial charge in [-0.2, -0.15) is 0 Å². The van der Waals surface area contributed by atoms with Crippen molar-refractivity contribution in [2.75, 3.05) is 19.8 Å². The summed E-state index contributed by atoms with van der Waals surface area (Å²) in [5.41, 5.74) is 7.09. The first-order valence-corrected chi connectivity index (χ1v) is 9.05. The van der Waals surface area contributed by atoms with Gasteiger partial charge in [0.2, 0.25) is 5.91 Å². The Morgan fingerprint density at radius 1 is 1.21 bits per heavy atom. The molecule has 1 aromatic carbocycles. The fraction of sp³-hybridized carbons (Fsp3) is 0.632. The van der Waals surface area contributed by atoms with Crippen molar-refractivity contribution < 1.29 is 14.3 Å². The van der Waals surface area contributed by atoms with Crippen molar-refractivity contribution in [3.63, 3.8) is 0 Å². The number of nitrogens with two attached hydrogens (primary N) is 1. The molecule has 134 valence electrons. The van der Waals surface area contributed by atoms with Gasteiger partial charge in [-0.1, -0.05) is 12.5 Å². The first kappa shape index (κ1) is 18.6. The van der Waals surface area contributed by atoms with Crippen molar-refractivity contribution in [2.45, 2.75) is 52.0 Å². The number of benzene rings is 1. The molecule has 0 aromatic heterocycles. The second-order valence-corrected chi connectivity index (χ2v) is 6.31. The first-order chi connectivity index (χ1) is 11.6. The van der Waals surface area contributed by atoms with Gasteiger partial charge < -0.3 is 20.5 Å². The van der Waals surface area contributed by atoms with Gasteiger partial charge in [-0.3, -0.25) is 4.79 Å². The van der Waals surface area contributed by atoms with E-state index in [0.717, 1.165) is 49.2 Å². The molecule has 3 N–H and O–H groups in total. The Bertz CT molecular complexity index is 533. The van der Waals surface area contributed by atoms with Crippen LogP contribution in [0.4, 0.5) is 0 Å². The molecule has 0 saturated heterocycles. The summed E-state index contributed by atoms with van der Waals surface area (Å²) in [5.74, 6) is 1.75. The normalized spacial score (nSPS) is 20.5. The van der Waals surface area contributed by atoms with Crippen LogP contribution in [0.3, 0.4) is 0 Å². The Hall–Kier alpha value is -1.75. The maximum absolute atomic E-state index is 12.2. The molecule has 1 aliphatic rings. The van der Waals surface area contributed by atoms with Crippen LogP contribution in [0.15, 0.2) is 18.2 Å². The minimum Gasteiger partial charge on any atom is -0.490 e. The molecule has 1 amide bonds. The third-order valence-electron chi connectivity index (χ3n) is 4.41. The molecule has 0 radical (unpaired) electrons. The van der Waals surface area contributed by atoms with Gasteiger partial charge in [0.05, 0.1) is 13.2 Å². The largest absolute Gasteiger partial charge is 0.490 e. The highest BCUT2D eigenvalue weighted by Crippen LogP contribution is 2.28. The zero-order chi connectivity index (χ0) is 17.4. The van der Waals surface area contributed by atoms with Crippen LogP contribution in [0.2, 0.25) is 0 Å². The molecule has 0 aliphatic heterocycles. The van der Waals surface area contributed by atoms with Crippen LogP contribution in [0.1, 0.15) is 45.1 Å². The third kappa shape index (κ3) is 5.41. The van der Waals surface area contributed by atoms with E-state index in [1.165, 1.54) is 0 Å². The van der Waals surface area contributed by atoms with E-state index in [2.05, 4.69) is 5.32 Å². The molecule has 1 aromatic rings. The van der Waals surface area contributed by atoms with Crippen LogP contribution in [0, 0.1) is 5.92 Å². The Balaban J connectivity index is 1.85. The molecular formula is C19H30N2O3. The molecule has 1 saturated carbocycles. The van der Waals surface area contributed by atoms with E-state index in [-0.39, 0.29) is 17.9 Å². The van der Waals surface area contributed by atoms with Crippen LogP contribution in [0.5, 0.6) is 11.5 Å². The molecule has 24 heavy (non-hydrogen) atoms. The van der Waals surface area contributed by atoms with Crippen molar-refractivity contribution in [2.24, 2.45) is 11.7 Å². The van der Waals surface area contributed by atoms with Crippen molar-refractivity contribution >= 4 is 5.91 Å². The maximum Gasteiger partial charge on any atom is 0.223 e. The molecule has 0 bridgehead atoms. The van der Waals surface area contributed by atoms with Crippen molar-refractivity contribution in [3.8, 4) is 11.5 Å². The van der Waals surface area contributed by atoms with Crippen molar-refractivity contribution in [1.82, 2.24) is 5.32 Å². The van der Waals surface area contributed by atoms with E-state index < -0.39 is 0 Å². The third-order valence-corrected chi connectivity index (χ3v) is 4.41. The lowest BCUT2D eigenvalue weighted by atomic mass is 9.85. The van der Waals surface area contributed by atoms with E-state index in [1.807, 2.05) is 32.0 Å². The molecule has 1 aliphatic carbocycles. The molecule has 5 heteroatoms. The van der Waals surface area contributed by atoms with Gasteiger partial charge in [0.15, 0.2) is 11.5 Å². The average Bonchev–Trinajstić information content (AvgIpc) is 2.57. The maximum atomic E-state index is 12.2. The topological polar surface area (TPSA) is 73.6 Å². The lowest BCUT2D eigenvalue weighted by molar-refractivity contribution is -0.126. The second kappa shape index (κ2) is 9.52. The number of nitrogens with one attached hydrogen (secondary N) is 1. The van der Waals surface area contributed by atoms with Crippen LogP contribution in [-0.4, -0.2) is 31.7 Å². The van der Waals surface area contributed by atoms with Gasteiger partial charge in [0, 0.05) is 18.5 Å². The molecule has 2 atom stereocenters. The number of rotatable bonds is 8. The SMILES string of the molecule is CCOc1ccc(CCNC(=O)C2CCCC(N)C2)cc1OCC. The predicted molar refractivity (Wildman–Crippen MR) is 95.4 cm³/mol. The summed E-state index contributed by atoms with van der Waals surface area (Å²) in [6.07, 6.45) is 4.63. The van der Waals surface area contributed by atoms with Crippen LogP contribution >= 0.6 is 0 Å². The van der Waals surface area contributed by atoms with E-state index >= 15 is 0 Å². The monoisotopic (exact) mass is 334 g/mol. The predicted octanol–water partition coefficient (Wildman–Crippen LogP) is 2.66. The number of carbonyl (C=O) groups excluding carboxylic acids is 1. The van der Waals surface area contributed by atoms with E-state index in [1.54, 1.807) is 0 Å². The first-order valence-electron chi connectivity index (χ1n) is 9.05. The smallest absolute Gasteiger partial charge is 0.223 e. The van der Waals surface area contributed by atoms with Crippen LogP contribution in [-0.2, 0) is 11.2 Å². The standard InChI is InChI=1S/C19H30N2O3/c1-3-23-17-9-8-14(12-18(17)24-4-2)10-11-21-19(22)15-6-5-7-16(20)13-15/h8-9,12,15-16H,3-7,10-11,13,20H2,1-2H3,(H,21,22). The molecule has 5 nitrogen and oxygen atoms in total. The van der Waals surface area contributed by atoms with E-state index in [4.69, 9.17) is 15.2 Å². The van der Waals surface area contributed by atoms with E-state index in [0.29, 0.717) is 19.8 Å². The number of hydrogen-bond donors (Lipinski definition) is 2. The summed E-state index contributed by atoms with van der Waals surface area (Å²) in [4.78, 5) is 12.2. The Kier molecular flexibility index (Phi) is 7.37. The fourth-order valence-electron chi connectivity index (χ4n) is 3.19. The average molecular weight is 334 g/mol. The summed E-state index contributed by atoms with van der Waals surface area (Å²) in [7, 11) is 0. The highest BCUT2D eigenvalue weighted by molar-refractivity contribution is 5.78. The summed E-state index contributed by atoms with van der Waals surface area (Å²) in [5, 5.41) is 3.05. The number of carbonyl (C=O) groups is 1. The quantitative estimate of drug-likeness (QED) is 0.766. The molecule has 0 heterocycles. The van der Waals surface area contributed by atoms with Crippen molar-refractivity contribution in [3.05, 3.63) is 23.8 Å². The molecule has 1 fully saturated rings. The van der Waals surface area contributed by atoms with Crippen LogP contribution in [0.25, 0.3) is 0 Å². The number of amides is 1. The van der Waals surface area contributed by atoms with Gasteiger partial charge in [-0.25, -0.2) is 0 Å². The number of ether oxygens (including phenoxy) is 2. The number of hydrogen-bond acceptors (Lipinski definition) is 4. The van der Waals surface area contributed by atoms with Crippen LogP contribution < -0.4 is 20.5 Å². The zero-order valence-electron chi connectivity index (χ0n) is 14.8. The molecule has 2 rings (SSSR count). The Morgan fingerprint density at radius 3 is 2.67 bits per heavy atom. The minimum absolute atomic E-state index is 0.0769. The summed E-state index contributed by atoms with van der Waals surface area (Å²) < 4.78 is 11.2. The lowest BCUT2D eigenvalue weighted by Crippen LogP contribution is -2.38. The molecular weight excluding hydrogens is 304 g/mol. The summed E-state index contributed by atoms with van der Waals surface area (Å²) in [6, 6.07) is 6.13. The van der Waals surface area contributed by atoms with Gasteiger partial charge in [-0.05, 0) is 57.2 Å². The summed E-state index contributed by atoms with van der Waals surface area (Å²) >= 11 is 0. The van der Waals surface area contributed by atoms with E-state index in [9.17, 15) is 4.79 Å². The Labute approximate surface area is 144 Å². The summed E-state index contributed by atoms with van der Waals surface area (Å²) in [6.45, 7) is 5.75.